The Morgan fingerprint density at radius 1 is 1.33 bits per heavy atom. The van der Waals surface area contributed by atoms with Crippen LogP contribution in [0.5, 0.6) is 0 Å². The van der Waals surface area contributed by atoms with Crippen molar-refractivity contribution < 1.29 is 23.0 Å². The van der Waals surface area contributed by atoms with E-state index >= 15 is 0 Å². The second-order valence-electron chi connectivity index (χ2n) is 4.18. The van der Waals surface area contributed by atoms with Gasteiger partial charge in [-0.3, -0.25) is 0 Å². The molecule has 0 N–H and O–H groups in total. The Kier molecular flexibility index (Phi) is 4.25. The Labute approximate surface area is 104 Å². The van der Waals surface area contributed by atoms with Crippen LogP contribution in [0.15, 0.2) is 18.2 Å². The van der Waals surface area contributed by atoms with Crippen LogP contribution in [0.25, 0.3) is 0 Å². The largest absolute Gasteiger partial charge is 0.459 e. The number of halogens is 2. The van der Waals surface area contributed by atoms with Crippen molar-refractivity contribution in [3.63, 3.8) is 0 Å². The summed E-state index contributed by atoms with van der Waals surface area (Å²) in [5.74, 6) is -2.81. The standard InChI is InChI=1S/C13H14F2O3/c14-10-5-3-6-11(15)12(10)13(16)18-8-9-4-1-2-7-17-9/h3,5-6,9H,1-2,4,7-8H2. The van der Waals surface area contributed by atoms with Gasteiger partial charge in [0, 0.05) is 6.61 Å². The fraction of sp³-hybridized carbons (Fsp3) is 0.462. The van der Waals surface area contributed by atoms with E-state index in [4.69, 9.17) is 9.47 Å². The quantitative estimate of drug-likeness (QED) is 0.780. The third-order valence-corrected chi connectivity index (χ3v) is 2.84. The minimum absolute atomic E-state index is 0.0343. The molecule has 0 radical (unpaired) electrons. The molecule has 18 heavy (non-hydrogen) atoms. The van der Waals surface area contributed by atoms with Gasteiger partial charge in [0.1, 0.15) is 23.8 Å². The number of rotatable bonds is 3. The molecule has 3 nitrogen and oxygen atoms in total. The monoisotopic (exact) mass is 256 g/mol. The van der Waals surface area contributed by atoms with E-state index in [9.17, 15) is 13.6 Å². The van der Waals surface area contributed by atoms with Crippen molar-refractivity contribution in [1.82, 2.24) is 0 Å². The maximum atomic E-state index is 13.3. The number of hydrogen-bond acceptors (Lipinski definition) is 3. The third-order valence-electron chi connectivity index (χ3n) is 2.84. The van der Waals surface area contributed by atoms with Crippen molar-refractivity contribution in [2.24, 2.45) is 0 Å². The number of ether oxygens (including phenoxy) is 2. The molecule has 1 unspecified atom stereocenters. The predicted molar refractivity (Wildman–Crippen MR) is 60.2 cm³/mol. The van der Waals surface area contributed by atoms with Crippen LogP contribution < -0.4 is 0 Å². The van der Waals surface area contributed by atoms with E-state index in [2.05, 4.69) is 0 Å². The molecule has 1 heterocycles. The molecule has 0 bridgehead atoms. The zero-order valence-electron chi connectivity index (χ0n) is 9.83. The van der Waals surface area contributed by atoms with Gasteiger partial charge in [-0.1, -0.05) is 6.07 Å². The van der Waals surface area contributed by atoms with Gasteiger partial charge in [-0.25, -0.2) is 13.6 Å². The molecule has 98 valence electrons. The molecule has 0 saturated carbocycles. The molecule has 1 aromatic rings. The maximum Gasteiger partial charge on any atom is 0.344 e. The molecular formula is C13H14F2O3. The van der Waals surface area contributed by atoms with Crippen molar-refractivity contribution in [3.8, 4) is 0 Å². The average molecular weight is 256 g/mol. The number of benzene rings is 1. The maximum absolute atomic E-state index is 13.3. The highest BCUT2D eigenvalue weighted by atomic mass is 19.1. The van der Waals surface area contributed by atoms with Crippen LogP contribution in [-0.2, 0) is 9.47 Å². The smallest absolute Gasteiger partial charge is 0.344 e. The SMILES string of the molecule is O=C(OCC1CCCCO1)c1c(F)cccc1F. The lowest BCUT2D eigenvalue weighted by molar-refractivity contribution is -0.0303. The predicted octanol–water partition coefficient (Wildman–Crippen LogP) is 2.69. The van der Waals surface area contributed by atoms with E-state index in [0.717, 1.165) is 31.4 Å². The summed E-state index contributed by atoms with van der Waals surface area (Å²) >= 11 is 0. The van der Waals surface area contributed by atoms with Crippen LogP contribution >= 0.6 is 0 Å². The molecule has 1 atom stereocenters. The lowest BCUT2D eigenvalue weighted by Gasteiger charge is -2.22. The van der Waals surface area contributed by atoms with Crippen LogP contribution in [0.3, 0.4) is 0 Å². The van der Waals surface area contributed by atoms with E-state index in [-0.39, 0.29) is 12.7 Å². The zero-order valence-corrected chi connectivity index (χ0v) is 9.83. The van der Waals surface area contributed by atoms with Crippen molar-refractivity contribution in [1.29, 1.82) is 0 Å². The van der Waals surface area contributed by atoms with E-state index in [1.165, 1.54) is 6.07 Å². The normalized spacial score (nSPS) is 19.6. The Morgan fingerprint density at radius 3 is 2.67 bits per heavy atom. The highest BCUT2D eigenvalue weighted by molar-refractivity contribution is 5.90. The molecule has 2 rings (SSSR count). The van der Waals surface area contributed by atoms with Crippen LogP contribution in [0.1, 0.15) is 29.6 Å². The molecule has 5 heteroatoms. The Bertz CT molecular complexity index is 408. The lowest BCUT2D eigenvalue weighted by atomic mass is 10.1. The van der Waals surface area contributed by atoms with Gasteiger partial charge < -0.3 is 9.47 Å². The lowest BCUT2D eigenvalue weighted by Crippen LogP contribution is -2.26. The van der Waals surface area contributed by atoms with E-state index < -0.39 is 23.2 Å². The molecule has 1 fully saturated rings. The van der Waals surface area contributed by atoms with Gasteiger partial charge in [0.25, 0.3) is 0 Å². The molecule has 0 amide bonds. The van der Waals surface area contributed by atoms with E-state index in [1.807, 2.05) is 0 Å². The van der Waals surface area contributed by atoms with Crippen molar-refractivity contribution in [3.05, 3.63) is 35.4 Å². The second kappa shape index (κ2) is 5.91. The minimum Gasteiger partial charge on any atom is -0.459 e. The van der Waals surface area contributed by atoms with Gasteiger partial charge in [0.05, 0.1) is 6.10 Å². The van der Waals surface area contributed by atoms with Crippen molar-refractivity contribution in [2.45, 2.75) is 25.4 Å². The highest BCUT2D eigenvalue weighted by Gasteiger charge is 2.21. The summed E-state index contributed by atoms with van der Waals surface area (Å²) in [5, 5.41) is 0. The number of carbonyl (C=O) groups excluding carboxylic acids is 1. The fourth-order valence-corrected chi connectivity index (χ4v) is 1.87. The Morgan fingerprint density at radius 2 is 2.06 bits per heavy atom. The topological polar surface area (TPSA) is 35.5 Å². The summed E-state index contributed by atoms with van der Waals surface area (Å²) in [4.78, 5) is 11.6. The van der Waals surface area contributed by atoms with Crippen molar-refractivity contribution in [2.75, 3.05) is 13.2 Å². The summed E-state index contributed by atoms with van der Waals surface area (Å²) in [7, 11) is 0. The molecular weight excluding hydrogens is 242 g/mol. The van der Waals surface area contributed by atoms with Crippen LogP contribution in [0, 0.1) is 11.6 Å². The molecule has 1 aliphatic rings. The molecule has 1 aromatic carbocycles. The van der Waals surface area contributed by atoms with Gasteiger partial charge in [-0.05, 0) is 31.4 Å². The first-order chi connectivity index (χ1) is 8.68. The molecule has 1 aliphatic heterocycles. The molecule has 0 aromatic heterocycles. The first kappa shape index (κ1) is 13.0. The second-order valence-corrected chi connectivity index (χ2v) is 4.18. The summed E-state index contributed by atoms with van der Waals surface area (Å²) in [6.45, 7) is 0.670. The first-order valence-electron chi connectivity index (χ1n) is 5.91. The van der Waals surface area contributed by atoms with Crippen LogP contribution in [-0.4, -0.2) is 25.3 Å². The first-order valence-corrected chi connectivity index (χ1v) is 5.91. The number of carbonyl (C=O) groups is 1. The molecule has 1 saturated heterocycles. The zero-order chi connectivity index (χ0) is 13.0. The van der Waals surface area contributed by atoms with Gasteiger partial charge in [-0.15, -0.1) is 0 Å². The van der Waals surface area contributed by atoms with Gasteiger partial charge in [0.15, 0.2) is 0 Å². The highest BCUT2D eigenvalue weighted by Crippen LogP contribution is 2.16. The Hall–Kier alpha value is -1.49. The van der Waals surface area contributed by atoms with E-state index in [0.29, 0.717) is 6.61 Å². The summed E-state index contributed by atoms with van der Waals surface area (Å²) in [5.41, 5.74) is -0.645. The van der Waals surface area contributed by atoms with Crippen LogP contribution in [0.2, 0.25) is 0 Å². The van der Waals surface area contributed by atoms with Gasteiger partial charge in [0.2, 0.25) is 0 Å². The van der Waals surface area contributed by atoms with Gasteiger partial charge >= 0.3 is 5.97 Å². The van der Waals surface area contributed by atoms with E-state index in [1.54, 1.807) is 0 Å². The van der Waals surface area contributed by atoms with Gasteiger partial charge in [-0.2, -0.15) is 0 Å². The van der Waals surface area contributed by atoms with Crippen LogP contribution in [0.4, 0.5) is 8.78 Å². The third kappa shape index (κ3) is 3.04. The average Bonchev–Trinajstić information content (AvgIpc) is 2.37. The molecule has 0 aliphatic carbocycles. The Balaban J connectivity index is 1.95. The van der Waals surface area contributed by atoms with Crippen molar-refractivity contribution >= 4 is 5.97 Å². The number of hydrogen-bond donors (Lipinski definition) is 0. The summed E-state index contributed by atoms with van der Waals surface area (Å²) < 4.78 is 36.8. The summed E-state index contributed by atoms with van der Waals surface area (Å²) in [6.07, 6.45) is 2.63. The summed E-state index contributed by atoms with van der Waals surface area (Å²) in [6, 6.07) is 3.25. The fourth-order valence-electron chi connectivity index (χ4n) is 1.87. The minimum atomic E-state index is -0.986. The number of esters is 1. The molecule has 0 spiro atoms.